The van der Waals surface area contributed by atoms with Crippen molar-refractivity contribution in [3.05, 3.63) is 35.4 Å². The lowest BCUT2D eigenvalue weighted by Crippen LogP contribution is -2.44. The fourth-order valence-corrected chi connectivity index (χ4v) is 4.39. The zero-order valence-electron chi connectivity index (χ0n) is 18.5. The lowest BCUT2D eigenvalue weighted by Gasteiger charge is -2.32. The van der Waals surface area contributed by atoms with E-state index in [0.717, 1.165) is 50.4 Å². The summed E-state index contributed by atoms with van der Waals surface area (Å²) in [5.41, 5.74) is 2.48. The lowest BCUT2D eigenvalue weighted by atomic mass is 9.80. The van der Waals surface area contributed by atoms with E-state index in [9.17, 15) is 0 Å². The molecule has 0 amide bonds. The van der Waals surface area contributed by atoms with Gasteiger partial charge in [-0.15, -0.1) is 0 Å². The predicted octanol–water partition coefficient (Wildman–Crippen LogP) is 4.26. The van der Waals surface area contributed by atoms with Gasteiger partial charge >= 0.3 is 0 Å². The van der Waals surface area contributed by atoms with Crippen molar-refractivity contribution in [2.45, 2.75) is 77.7 Å². The van der Waals surface area contributed by atoms with Gasteiger partial charge in [0.1, 0.15) is 0 Å². The van der Waals surface area contributed by atoms with Gasteiger partial charge in [-0.05, 0) is 61.5 Å². The van der Waals surface area contributed by atoms with E-state index in [1.165, 1.54) is 36.8 Å². The molecule has 5 heteroatoms. The number of rotatable bonds is 7. The minimum atomic E-state index is 0.333. The molecule has 5 nitrogen and oxygen atoms in total. The second-order valence-corrected chi connectivity index (χ2v) is 8.87. The van der Waals surface area contributed by atoms with Crippen molar-refractivity contribution in [1.82, 2.24) is 10.6 Å². The summed E-state index contributed by atoms with van der Waals surface area (Å²) in [6.07, 6.45) is 7.46. The van der Waals surface area contributed by atoms with E-state index in [4.69, 9.17) is 9.47 Å². The Morgan fingerprint density at radius 2 is 1.83 bits per heavy atom. The molecule has 1 aliphatic heterocycles. The summed E-state index contributed by atoms with van der Waals surface area (Å²) in [5, 5.41) is 7.10. The molecule has 2 fully saturated rings. The molecule has 0 aromatic heterocycles. The van der Waals surface area contributed by atoms with Crippen LogP contribution in [0.5, 0.6) is 0 Å². The van der Waals surface area contributed by atoms with E-state index in [1.807, 2.05) is 7.05 Å². The van der Waals surface area contributed by atoms with Crippen molar-refractivity contribution in [1.29, 1.82) is 0 Å². The molecule has 1 heterocycles. The Morgan fingerprint density at radius 3 is 2.52 bits per heavy atom. The van der Waals surface area contributed by atoms with Crippen LogP contribution < -0.4 is 10.6 Å². The van der Waals surface area contributed by atoms with Crippen molar-refractivity contribution in [2.24, 2.45) is 16.8 Å². The standard InChI is InChI=1S/C24H39N3O2/c1-18(2)21-7-9-22(10-8-21)27-24(25-3)26-16-19-5-4-6-20(15-19)17-29-23-11-13-28-14-12-23/h4-6,15,18,21-23H,7-14,16-17H2,1-3H3,(H2,25,26,27). The third kappa shape index (κ3) is 7.31. The molecule has 1 aliphatic carbocycles. The van der Waals surface area contributed by atoms with E-state index < -0.39 is 0 Å². The normalized spacial score (nSPS) is 23.9. The molecule has 2 aliphatic rings. The summed E-state index contributed by atoms with van der Waals surface area (Å²) in [4.78, 5) is 4.43. The second kappa shape index (κ2) is 11.6. The maximum Gasteiger partial charge on any atom is 0.191 e. The smallest absolute Gasteiger partial charge is 0.191 e. The molecule has 0 bridgehead atoms. The Hall–Kier alpha value is -1.59. The van der Waals surface area contributed by atoms with Gasteiger partial charge in [-0.2, -0.15) is 0 Å². The molecule has 0 spiro atoms. The molecule has 1 aromatic carbocycles. The number of hydrogen-bond acceptors (Lipinski definition) is 3. The fraction of sp³-hybridized carbons (Fsp3) is 0.708. The number of aliphatic imine (C=N–C) groups is 1. The highest BCUT2D eigenvalue weighted by Crippen LogP contribution is 2.29. The first kappa shape index (κ1) is 22.1. The molecule has 1 saturated carbocycles. The van der Waals surface area contributed by atoms with Gasteiger partial charge in [0.25, 0.3) is 0 Å². The summed E-state index contributed by atoms with van der Waals surface area (Å²) in [6, 6.07) is 9.18. The molecular formula is C24H39N3O2. The molecule has 2 N–H and O–H groups in total. The van der Waals surface area contributed by atoms with Crippen molar-refractivity contribution >= 4 is 5.96 Å². The van der Waals surface area contributed by atoms with E-state index in [2.05, 4.69) is 53.7 Å². The minimum absolute atomic E-state index is 0.333. The maximum atomic E-state index is 6.06. The largest absolute Gasteiger partial charge is 0.381 e. The van der Waals surface area contributed by atoms with Gasteiger partial charge in [-0.25, -0.2) is 0 Å². The van der Waals surface area contributed by atoms with Crippen LogP contribution in [0.3, 0.4) is 0 Å². The lowest BCUT2D eigenvalue weighted by molar-refractivity contribution is -0.0390. The van der Waals surface area contributed by atoms with Crippen molar-refractivity contribution in [2.75, 3.05) is 20.3 Å². The van der Waals surface area contributed by atoms with Crippen LogP contribution in [0, 0.1) is 11.8 Å². The third-order valence-corrected chi connectivity index (χ3v) is 6.38. The van der Waals surface area contributed by atoms with Crippen LogP contribution in [0.2, 0.25) is 0 Å². The average molecular weight is 402 g/mol. The highest BCUT2D eigenvalue weighted by molar-refractivity contribution is 5.79. The zero-order chi connectivity index (χ0) is 20.5. The van der Waals surface area contributed by atoms with Gasteiger partial charge in [0.2, 0.25) is 0 Å². The second-order valence-electron chi connectivity index (χ2n) is 8.87. The summed E-state index contributed by atoms with van der Waals surface area (Å²) < 4.78 is 11.5. The van der Waals surface area contributed by atoms with E-state index in [1.54, 1.807) is 0 Å². The summed E-state index contributed by atoms with van der Waals surface area (Å²) in [7, 11) is 1.85. The van der Waals surface area contributed by atoms with Gasteiger partial charge in [0, 0.05) is 32.8 Å². The van der Waals surface area contributed by atoms with Crippen LogP contribution in [0.1, 0.15) is 63.5 Å². The van der Waals surface area contributed by atoms with Crippen LogP contribution in [-0.4, -0.2) is 38.4 Å². The summed E-state index contributed by atoms with van der Waals surface area (Å²) in [6.45, 7) is 7.78. The van der Waals surface area contributed by atoms with E-state index in [0.29, 0.717) is 18.8 Å². The third-order valence-electron chi connectivity index (χ3n) is 6.38. The summed E-state index contributed by atoms with van der Waals surface area (Å²) in [5.74, 6) is 2.59. The van der Waals surface area contributed by atoms with Crippen LogP contribution in [0.4, 0.5) is 0 Å². The number of nitrogens with one attached hydrogen (secondary N) is 2. The number of guanidine groups is 1. The van der Waals surface area contributed by atoms with E-state index >= 15 is 0 Å². The first-order chi connectivity index (χ1) is 14.1. The van der Waals surface area contributed by atoms with Gasteiger partial charge in [-0.1, -0.05) is 38.1 Å². The van der Waals surface area contributed by atoms with E-state index in [-0.39, 0.29) is 0 Å². The highest BCUT2D eigenvalue weighted by Gasteiger charge is 2.23. The van der Waals surface area contributed by atoms with Crippen molar-refractivity contribution < 1.29 is 9.47 Å². The Morgan fingerprint density at radius 1 is 1.10 bits per heavy atom. The maximum absolute atomic E-state index is 6.06. The van der Waals surface area contributed by atoms with Crippen LogP contribution in [0.25, 0.3) is 0 Å². The summed E-state index contributed by atoms with van der Waals surface area (Å²) >= 11 is 0. The van der Waals surface area contributed by atoms with Crippen molar-refractivity contribution in [3.63, 3.8) is 0 Å². The topological polar surface area (TPSA) is 54.9 Å². The van der Waals surface area contributed by atoms with Crippen molar-refractivity contribution in [3.8, 4) is 0 Å². The number of ether oxygens (including phenoxy) is 2. The zero-order valence-corrected chi connectivity index (χ0v) is 18.5. The Labute approximate surface area is 176 Å². The predicted molar refractivity (Wildman–Crippen MR) is 119 cm³/mol. The highest BCUT2D eigenvalue weighted by atomic mass is 16.5. The Kier molecular flexibility index (Phi) is 8.81. The Balaban J connectivity index is 1.42. The molecular weight excluding hydrogens is 362 g/mol. The number of benzene rings is 1. The van der Waals surface area contributed by atoms with Crippen LogP contribution in [0.15, 0.2) is 29.3 Å². The Bertz CT molecular complexity index is 633. The van der Waals surface area contributed by atoms with Crippen LogP contribution >= 0.6 is 0 Å². The number of hydrogen-bond donors (Lipinski definition) is 2. The van der Waals surface area contributed by atoms with Gasteiger partial charge < -0.3 is 20.1 Å². The first-order valence-electron chi connectivity index (χ1n) is 11.4. The van der Waals surface area contributed by atoms with Gasteiger partial charge in [-0.3, -0.25) is 4.99 Å². The molecule has 29 heavy (non-hydrogen) atoms. The molecule has 1 aromatic rings. The molecule has 162 valence electrons. The minimum Gasteiger partial charge on any atom is -0.381 e. The van der Waals surface area contributed by atoms with Crippen LogP contribution in [-0.2, 0) is 22.6 Å². The average Bonchev–Trinajstić information content (AvgIpc) is 2.76. The molecule has 3 rings (SSSR count). The van der Waals surface area contributed by atoms with Gasteiger partial charge in [0.05, 0.1) is 12.7 Å². The molecule has 0 atom stereocenters. The number of nitrogens with zero attached hydrogens (tertiary/aromatic N) is 1. The quantitative estimate of drug-likeness (QED) is 0.529. The first-order valence-corrected chi connectivity index (χ1v) is 11.4. The fourth-order valence-electron chi connectivity index (χ4n) is 4.39. The molecule has 0 radical (unpaired) electrons. The van der Waals surface area contributed by atoms with Gasteiger partial charge in [0.15, 0.2) is 5.96 Å². The molecule has 1 saturated heterocycles. The SMILES string of the molecule is CN=C(NCc1cccc(COC2CCOCC2)c1)NC1CCC(C(C)C)CC1. The molecule has 0 unspecified atom stereocenters. The monoisotopic (exact) mass is 401 g/mol.